The maximum absolute atomic E-state index is 9.14. The van der Waals surface area contributed by atoms with Crippen LogP contribution in [0.4, 0.5) is 0 Å². The number of rotatable bonds is 15. The SMILES string of the molecule is CCCCC1=Cc2c(ccc(C)c2-c2cc([Si](C)(C)C)cc([Si](C)(C)C)c2)[CH]1[Zr]([Cl])([Cl])([CH]1C(CCCC)=Cc2c1ccc(C)c2-c1cc([Si](C)(C)C)cc([Si](C)(C)C)c1)[SiH](C)C. The van der Waals surface area contributed by atoms with E-state index in [-0.39, 0.29) is 7.25 Å². The number of hydrogen-bond acceptors (Lipinski definition) is 0. The van der Waals surface area contributed by atoms with Crippen LogP contribution in [-0.2, 0) is 15.6 Å². The Morgan fingerprint density at radius 1 is 0.500 bits per heavy atom. The number of benzene rings is 4. The van der Waals surface area contributed by atoms with E-state index in [0.717, 1.165) is 38.5 Å². The molecule has 0 aliphatic heterocycles. The van der Waals surface area contributed by atoms with E-state index < -0.39 is 53.8 Å². The molecule has 4 aromatic carbocycles. The van der Waals surface area contributed by atoms with Crippen LogP contribution in [0.15, 0.2) is 71.8 Å². The molecule has 0 bridgehead atoms. The van der Waals surface area contributed by atoms with E-state index in [0.29, 0.717) is 0 Å². The fourth-order valence-electron chi connectivity index (χ4n) is 10.6. The topological polar surface area (TPSA) is 0 Å². The van der Waals surface area contributed by atoms with Gasteiger partial charge in [0.15, 0.2) is 0 Å². The van der Waals surface area contributed by atoms with Gasteiger partial charge in [0.2, 0.25) is 0 Å². The van der Waals surface area contributed by atoms with Gasteiger partial charge in [-0.3, -0.25) is 0 Å². The third-order valence-electron chi connectivity index (χ3n) is 14.7. The third kappa shape index (κ3) is 9.41. The van der Waals surface area contributed by atoms with E-state index in [4.69, 9.17) is 17.0 Å². The van der Waals surface area contributed by atoms with Crippen molar-refractivity contribution in [3.05, 3.63) is 105 Å². The molecule has 0 saturated carbocycles. The molecule has 335 valence electrons. The number of halogens is 2. The molecule has 6 rings (SSSR count). The third-order valence-corrected chi connectivity index (χ3v) is 74.7. The Morgan fingerprint density at radius 2 is 0.806 bits per heavy atom. The van der Waals surface area contributed by atoms with Crippen molar-refractivity contribution in [3.8, 4) is 22.3 Å². The van der Waals surface area contributed by atoms with E-state index in [1.807, 2.05) is 0 Å². The van der Waals surface area contributed by atoms with Crippen LogP contribution in [-0.4, -0.2) is 38.2 Å². The van der Waals surface area contributed by atoms with Crippen LogP contribution in [0.5, 0.6) is 0 Å². The Bertz CT molecular complexity index is 2200. The summed E-state index contributed by atoms with van der Waals surface area (Å²) in [6.07, 6.45) is 12.0. The molecule has 0 nitrogen and oxygen atoms in total. The van der Waals surface area contributed by atoms with Crippen LogP contribution in [0.1, 0.15) is 93.0 Å². The summed E-state index contributed by atoms with van der Waals surface area (Å²) in [6.45, 7) is 44.5. The van der Waals surface area contributed by atoms with Gasteiger partial charge in [-0.05, 0) is 0 Å². The van der Waals surface area contributed by atoms with E-state index in [1.54, 1.807) is 20.7 Å². The fourth-order valence-corrected chi connectivity index (χ4v) is 47.1. The molecule has 2 aliphatic carbocycles. The molecule has 2 unspecified atom stereocenters. The zero-order valence-electron chi connectivity index (χ0n) is 42.2. The monoisotopic (exact) mass is 1030 g/mol. The molecule has 0 amide bonds. The summed E-state index contributed by atoms with van der Waals surface area (Å²) in [7, 11) is 11.9. The summed E-state index contributed by atoms with van der Waals surface area (Å²) in [4.78, 5) is 0. The van der Waals surface area contributed by atoms with Gasteiger partial charge in [0.25, 0.3) is 0 Å². The van der Waals surface area contributed by atoms with Crippen LogP contribution in [0.25, 0.3) is 34.4 Å². The van der Waals surface area contributed by atoms with Crippen molar-refractivity contribution in [2.75, 3.05) is 0 Å². The number of hydrogen-bond donors (Lipinski definition) is 0. The van der Waals surface area contributed by atoms with Gasteiger partial charge >= 0.3 is 396 Å². The molecule has 0 spiro atoms. The van der Waals surface area contributed by atoms with E-state index >= 15 is 0 Å². The van der Waals surface area contributed by atoms with Crippen molar-refractivity contribution >= 4 is 88.1 Å². The Hall–Kier alpha value is -1.09. The Labute approximate surface area is 392 Å². The summed E-state index contributed by atoms with van der Waals surface area (Å²) in [5.41, 5.74) is 17.1. The quantitative estimate of drug-likeness (QED) is 0.104. The van der Waals surface area contributed by atoms with E-state index in [9.17, 15) is 0 Å². The summed E-state index contributed by atoms with van der Waals surface area (Å²) >= 11 is -5.04. The number of unbranched alkanes of at least 4 members (excludes halogenated alkanes) is 2. The first-order chi connectivity index (χ1) is 28.5. The van der Waals surface area contributed by atoms with Crippen LogP contribution < -0.4 is 20.7 Å². The minimum absolute atomic E-state index is 0.100. The molecule has 0 aromatic heterocycles. The van der Waals surface area contributed by atoms with Gasteiger partial charge in [0, 0.05) is 0 Å². The standard InChI is InChI=1S/2C26H37Si2.C2H7Si.2ClH.Zr/c2*1-9-10-11-20-14-21-13-12-19(2)26(25(21)15-20)22-16-23(27(3,4)5)18-24(17-22)28(6,7)8;1-3-2;;;/h2*12-18H,9-11H2,1-8H3;3H,1-2H3;2*1H;/q;;;;;+2/p-2. The second kappa shape index (κ2) is 17.9. The second-order valence-corrected chi connectivity index (χ2v) is 86.8. The molecule has 0 N–H and O–H groups in total. The van der Waals surface area contributed by atoms with Crippen molar-refractivity contribution in [2.45, 2.75) is 165 Å². The minimum atomic E-state index is -5.04. The van der Waals surface area contributed by atoms with Gasteiger partial charge < -0.3 is 0 Å². The molecular formula is C54H81Cl2Si5Zr. The van der Waals surface area contributed by atoms with Gasteiger partial charge in [-0.15, -0.1) is 0 Å². The zero-order valence-corrected chi connectivity index (χ0v) is 51.3. The van der Waals surface area contributed by atoms with Crippen molar-refractivity contribution in [3.63, 3.8) is 0 Å². The Kier molecular flexibility index (Phi) is 14.5. The molecule has 0 fully saturated rings. The maximum atomic E-state index is 9.14. The molecule has 4 aromatic rings. The Morgan fingerprint density at radius 3 is 1.06 bits per heavy atom. The first kappa shape index (κ1) is 50.3. The van der Waals surface area contributed by atoms with Gasteiger partial charge in [-0.25, -0.2) is 0 Å². The summed E-state index contributed by atoms with van der Waals surface area (Å²) < 4.78 is 0.201. The number of allylic oxidation sites excluding steroid dienone is 2. The average Bonchev–Trinajstić information content (AvgIpc) is 3.73. The zero-order chi connectivity index (χ0) is 46.1. The predicted octanol–water partition coefficient (Wildman–Crippen LogP) is 15.8. The van der Waals surface area contributed by atoms with E-state index in [2.05, 4.69) is 192 Å². The van der Waals surface area contributed by atoms with Crippen LogP contribution in [0.2, 0.25) is 91.7 Å². The molecule has 0 radical (unpaired) electrons. The second-order valence-electron chi connectivity index (χ2n) is 24.0. The molecule has 62 heavy (non-hydrogen) atoms. The van der Waals surface area contributed by atoms with Gasteiger partial charge in [0.1, 0.15) is 0 Å². The van der Waals surface area contributed by atoms with Crippen LogP contribution in [0, 0.1) is 13.8 Å². The predicted molar refractivity (Wildman–Crippen MR) is 296 cm³/mol. The summed E-state index contributed by atoms with van der Waals surface area (Å²) in [5.74, 6) is -1.73. The van der Waals surface area contributed by atoms with Crippen molar-refractivity contribution in [2.24, 2.45) is 0 Å². The average molecular weight is 1030 g/mol. The molecular weight excluding hydrogens is 951 g/mol. The van der Waals surface area contributed by atoms with E-state index in [1.165, 1.54) is 66.8 Å². The van der Waals surface area contributed by atoms with Gasteiger partial charge in [0.05, 0.1) is 0 Å². The summed E-state index contributed by atoms with van der Waals surface area (Å²) in [5, 5.41) is 6.26. The van der Waals surface area contributed by atoms with Crippen molar-refractivity contribution in [1.82, 2.24) is 0 Å². The van der Waals surface area contributed by atoms with Gasteiger partial charge in [-0.1, -0.05) is 0 Å². The normalized spacial score (nSPS) is 17.8. The van der Waals surface area contributed by atoms with Gasteiger partial charge in [-0.2, -0.15) is 0 Å². The fraction of sp³-hybridized carbons (Fsp3) is 0.481. The van der Waals surface area contributed by atoms with Crippen molar-refractivity contribution < 1.29 is 15.6 Å². The molecule has 2 atom stereocenters. The number of fused-ring (bicyclic) bond motifs is 2. The molecule has 2 aliphatic rings. The first-order valence-corrected chi connectivity index (χ1v) is 54.4. The molecule has 0 saturated heterocycles. The van der Waals surface area contributed by atoms with Crippen LogP contribution in [0.3, 0.4) is 0 Å². The van der Waals surface area contributed by atoms with Crippen molar-refractivity contribution in [1.29, 1.82) is 0 Å². The molecule has 8 heteroatoms. The Balaban J connectivity index is 1.67. The molecule has 0 heterocycles. The van der Waals surface area contributed by atoms with Crippen LogP contribution >= 0.6 is 17.0 Å². The summed E-state index contributed by atoms with van der Waals surface area (Å²) in [6, 6.07) is 25.3. The first-order valence-electron chi connectivity index (χ1n) is 24.1. The number of aryl methyl sites for hydroxylation is 2.